The number of benzene rings is 1. The van der Waals surface area contributed by atoms with E-state index < -0.39 is 17.3 Å². The summed E-state index contributed by atoms with van der Waals surface area (Å²) in [6.07, 6.45) is -2.07. The van der Waals surface area contributed by atoms with Gasteiger partial charge in [0.2, 0.25) is 0 Å². The Morgan fingerprint density at radius 2 is 2.05 bits per heavy atom. The maximum Gasteiger partial charge on any atom is 0.417 e. The first-order valence-electron chi connectivity index (χ1n) is 5.35. The normalized spacial score (nSPS) is 10.9. The van der Waals surface area contributed by atoms with Crippen molar-refractivity contribution in [2.24, 2.45) is 0 Å². The lowest BCUT2D eigenvalue weighted by Gasteiger charge is -2.12. The topological polar surface area (TPSA) is 87.6 Å². The molecule has 0 spiro atoms. The van der Waals surface area contributed by atoms with E-state index in [0.717, 1.165) is 12.1 Å². The van der Waals surface area contributed by atoms with Crippen LogP contribution in [0.4, 0.5) is 30.4 Å². The van der Waals surface area contributed by atoms with Crippen LogP contribution in [0, 0.1) is 11.3 Å². The number of nitrogens with two attached hydrogens (primary N) is 1. The monoisotopic (exact) mass is 279 g/mol. The number of anilines is 3. The zero-order valence-electron chi connectivity index (χ0n) is 9.94. The summed E-state index contributed by atoms with van der Waals surface area (Å²) < 4.78 is 38.4. The van der Waals surface area contributed by atoms with Gasteiger partial charge in [0.25, 0.3) is 0 Å². The fourth-order valence-corrected chi connectivity index (χ4v) is 1.54. The van der Waals surface area contributed by atoms with E-state index in [4.69, 9.17) is 11.0 Å². The van der Waals surface area contributed by atoms with Crippen molar-refractivity contribution in [2.45, 2.75) is 6.18 Å². The number of hydrogen-bond acceptors (Lipinski definition) is 5. The molecule has 2 rings (SSSR count). The molecule has 0 aliphatic carbocycles. The van der Waals surface area contributed by atoms with Gasteiger partial charge in [0.05, 0.1) is 29.1 Å². The molecule has 5 nitrogen and oxygen atoms in total. The molecular formula is C12H8F3N5. The van der Waals surface area contributed by atoms with E-state index in [1.54, 1.807) is 0 Å². The third kappa shape index (κ3) is 2.77. The molecule has 0 saturated heterocycles. The van der Waals surface area contributed by atoms with Gasteiger partial charge >= 0.3 is 6.18 Å². The van der Waals surface area contributed by atoms with Crippen LogP contribution in [0.2, 0.25) is 0 Å². The molecule has 0 atom stereocenters. The van der Waals surface area contributed by atoms with Gasteiger partial charge in [-0.3, -0.25) is 0 Å². The highest BCUT2D eigenvalue weighted by atomic mass is 19.4. The van der Waals surface area contributed by atoms with Gasteiger partial charge in [-0.15, -0.1) is 0 Å². The molecule has 2 aromatic rings. The largest absolute Gasteiger partial charge is 0.417 e. The second-order valence-corrected chi connectivity index (χ2v) is 3.82. The molecule has 102 valence electrons. The number of nitriles is 1. The lowest BCUT2D eigenvalue weighted by atomic mass is 10.1. The number of nitrogens with one attached hydrogen (secondary N) is 1. The third-order valence-electron chi connectivity index (χ3n) is 2.45. The Bertz CT molecular complexity index is 676. The molecule has 0 amide bonds. The van der Waals surface area contributed by atoms with E-state index in [0.29, 0.717) is 0 Å². The molecule has 0 saturated carbocycles. The Morgan fingerprint density at radius 1 is 1.30 bits per heavy atom. The quantitative estimate of drug-likeness (QED) is 0.882. The summed E-state index contributed by atoms with van der Waals surface area (Å²) in [6.45, 7) is 0. The molecule has 1 aromatic carbocycles. The van der Waals surface area contributed by atoms with Gasteiger partial charge in [0.1, 0.15) is 6.33 Å². The minimum Gasteiger partial charge on any atom is -0.394 e. The van der Waals surface area contributed by atoms with Crippen molar-refractivity contribution in [3.8, 4) is 6.07 Å². The first kappa shape index (κ1) is 13.6. The molecule has 1 aromatic heterocycles. The van der Waals surface area contributed by atoms with E-state index in [1.165, 1.54) is 24.7 Å². The predicted molar refractivity (Wildman–Crippen MR) is 65.9 cm³/mol. The van der Waals surface area contributed by atoms with Gasteiger partial charge in [-0.05, 0) is 18.2 Å². The third-order valence-corrected chi connectivity index (χ3v) is 2.45. The molecule has 8 heteroatoms. The van der Waals surface area contributed by atoms with Crippen molar-refractivity contribution < 1.29 is 13.2 Å². The van der Waals surface area contributed by atoms with Crippen LogP contribution < -0.4 is 11.1 Å². The predicted octanol–water partition coefficient (Wildman–Crippen LogP) is 2.69. The first-order chi connectivity index (χ1) is 9.41. The number of halogens is 3. The maximum absolute atomic E-state index is 12.8. The van der Waals surface area contributed by atoms with E-state index in [9.17, 15) is 13.2 Å². The summed E-state index contributed by atoms with van der Waals surface area (Å²) in [5, 5.41) is 11.3. The Balaban J connectivity index is 2.40. The smallest absolute Gasteiger partial charge is 0.394 e. The second-order valence-electron chi connectivity index (χ2n) is 3.82. The van der Waals surface area contributed by atoms with Crippen molar-refractivity contribution in [2.75, 3.05) is 11.1 Å². The summed E-state index contributed by atoms with van der Waals surface area (Å²) in [5.41, 5.74) is 4.45. The van der Waals surface area contributed by atoms with Gasteiger partial charge in [-0.25, -0.2) is 9.97 Å². The summed E-state index contributed by atoms with van der Waals surface area (Å²) in [5.74, 6) is 0.192. The van der Waals surface area contributed by atoms with Crippen LogP contribution in [-0.2, 0) is 6.18 Å². The van der Waals surface area contributed by atoms with Gasteiger partial charge in [0.15, 0.2) is 5.82 Å². The second kappa shape index (κ2) is 5.05. The number of hydrogen-bond donors (Lipinski definition) is 2. The molecule has 3 N–H and O–H groups in total. The molecule has 0 bridgehead atoms. The molecule has 20 heavy (non-hydrogen) atoms. The number of nitrogen functional groups attached to an aromatic ring is 1. The van der Waals surface area contributed by atoms with Crippen LogP contribution in [-0.4, -0.2) is 9.97 Å². The van der Waals surface area contributed by atoms with Crippen LogP contribution >= 0.6 is 0 Å². The number of rotatable bonds is 2. The minimum atomic E-state index is -4.61. The molecule has 0 aliphatic heterocycles. The van der Waals surface area contributed by atoms with E-state index in [2.05, 4.69) is 15.3 Å². The van der Waals surface area contributed by atoms with Crippen LogP contribution in [0.5, 0.6) is 0 Å². The average Bonchev–Trinajstić information content (AvgIpc) is 2.40. The lowest BCUT2D eigenvalue weighted by molar-refractivity contribution is -0.137. The van der Waals surface area contributed by atoms with Crippen molar-refractivity contribution in [3.63, 3.8) is 0 Å². The fourth-order valence-electron chi connectivity index (χ4n) is 1.54. The van der Waals surface area contributed by atoms with E-state index in [-0.39, 0.29) is 17.2 Å². The highest BCUT2D eigenvalue weighted by Gasteiger charge is 2.33. The Morgan fingerprint density at radius 3 is 2.65 bits per heavy atom. The van der Waals surface area contributed by atoms with Crippen molar-refractivity contribution in [1.29, 1.82) is 5.26 Å². The molecule has 0 unspecified atom stereocenters. The summed E-state index contributed by atoms with van der Waals surface area (Å²) >= 11 is 0. The molecule has 0 fully saturated rings. The number of nitrogens with zero attached hydrogens (tertiary/aromatic N) is 3. The molecule has 0 radical (unpaired) electrons. The first-order valence-corrected chi connectivity index (χ1v) is 5.35. The van der Waals surface area contributed by atoms with Crippen molar-refractivity contribution in [1.82, 2.24) is 9.97 Å². The van der Waals surface area contributed by atoms with Crippen molar-refractivity contribution >= 4 is 17.2 Å². The van der Waals surface area contributed by atoms with E-state index in [1.807, 2.05) is 0 Å². The van der Waals surface area contributed by atoms with Crippen LogP contribution in [0.25, 0.3) is 0 Å². The van der Waals surface area contributed by atoms with Gasteiger partial charge in [-0.2, -0.15) is 18.4 Å². The molecule has 1 heterocycles. The van der Waals surface area contributed by atoms with Crippen LogP contribution in [0.1, 0.15) is 11.1 Å². The highest BCUT2D eigenvalue weighted by Crippen LogP contribution is 2.34. The zero-order valence-corrected chi connectivity index (χ0v) is 9.94. The summed E-state index contributed by atoms with van der Waals surface area (Å²) in [4.78, 5) is 7.49. The summed E-state index contributed by atoms with van der Waals surface area (Å²) in [6, 6.07) is 4.77. The van der Waals surface area contributed by atoms with E-state index >= 15 is 0 Å². The Kier molecular flexibility index (Phi) is 3.43. The average molecular weight is 279 g/mol. The summed E-state index contributed by atoms with van der Waals surface area (Å²) in [7, 11) is 0. The van der Waals surface area contributed by atoms with Crippen LogP contribution in [0.3, 0.4) is 0 Å². The molecular weight excluding hydrogens is 271 g/mol. The highest BCUT2D eigenvalue weighted by molar-refractivity contribution is 5.68. The van der Waals surface area contributed by atoms with Gasteiger partial charge in [0, 0.05) is 5.69 Å². The Hall–Kier alpha value is -2.82. The zero-order chi connectivity index (χ0) is 14.8. The van der Waals surface area contributed by atoms with Crippen LogP contribution in [0.15, 0.2) is 30.7 Å². The minimum absolute atomic E-state index is 0.127. The Labute approximate surface area is 111 Å². The maximum atomic E-state index is 12.8. The SMILES string of the molecule is N#Cc1ccc(Nc2ncncc2N)cc1C(F)(F)F. The van der Waals surface area contributed by atoms with Gasteiger partial charge < -0.3 is 11.1 Å². The number of alkyl halides is 3. The lowest BCUT2D eigenvalue weighted by Crippen LogP contribution is -2.09. The standard InChI is InChI=1S/C12H8F3N5/c13-12(14,15)9-3-8(2-1-7(9)4-16)20-11-10(17)5-18-6-19-11/h1-3,5-6H,17H2,(H,18,19,20). The van der Waals surface area contributed by atoms with Crippen molar-refractivity contribution in [3.05, 3.63) is 41.9 Å². The fraction of sp³-hybridized carbons (Fsp3) is 0.0833. The molecule has 0 aliphatic rings. The van der Waals surface area contributed by atoms with Gasteiger partial charge in [-0.1, -0.05) is 0 Å². The number of aromatic nitrogens is 2.